The molecule has 138 valence electrons. The Morgan fingerprint density at radius 3 is 2.60 bits per heavy atom. The molecule has 1 heterocycles. The smallest absolute Gasteiger partial charge is 0.309 e. The number of carbonyl (C=O) groups is 2. The van der Waals surface area contributed by atoms with Gasteiger partial charge in [-0.25, -0.2) is 4.39 Å². The third-order valence-electron chi connectivity index (χ3n) is 4.57. The van der Waals surface area contributed by atoms with Crippen molar-refractivity contribution in [1.82, 2.24) is 9.80 Å². The highest BCUT2D eigenvalue weighted by Gasteiger charge is 2.28. The Kier molecular flexibility index (Phi) is 7.37. The maximum Gasteiger partial charge on any atom is 0.309 e. The summed E-state index contributed by atoms with van der Waals surface area (Å²) in [5.74, 6) is -0.462. The minimum atomic E-state index is -0.263. The fourth-order valence-electron chi connectivity index (χ4n) is 3.09. The average Bonchev–Trinajstić information content (AvgIpc) is 2.61. The van der Waals surface area contributed by atoms with E-state index >= 15 is 0 Å². The first-order chi connectivity index (χ1) is 12.0. The monoisotopic (exact) mass is 350 g/mol. The number of hydrogen-bond acceptors (Lipinski definition) is 4. The van der Waals surface area contributed by atoms with Crippen molar-refractivity contribution in [2.75, 3.05) is 32.8 Å². The van der Waals surface area contributed by atoms with E-state index < -0.39 is 0 Å². The van der Waals surface area contributed by atoms with E-state index in [4.69, 9.17) is 4.74 Å². The Morgan fingerprint density at radius 2 is 2.00 bits per heavy atom. The number of esters is 1. The van der Waals surface area contributed by atoms with Gasteiger partial charge in [0.1, 0.15) is 5.82 Å². The van der Waals surface area contributed by atoms with Crippen LogP contribution in [0.4, 0.5) is 4.39 Å². The molecule has 1 aliphatic heterocycles. The van der Waals surface area contributed by atoms with Gasteiger partial charge >= 0.3 is 5.97 Å². The highest BCUT2D eigenvalue weighted by Crippen LogP contribution is 2.19. The van der Waals surface area contributed by atoms with E-state index in [1.807, 2.05) is 22.8 Å². The zero-order valence-corrected chi connectivity index (χ0v) is 15.0. The molecule has 1 aromatic rings. The fraction of sp³-hybridized carbons (Fsp3) is 0.579. The molecule has 0 saturated carbocycles. The second-order valence-electron chi connectivity index (χ2n) is 6.34. The van der Waals surface area contributed by atoms with E-state index in [9.17, 15) is 14.0 Å². The lowest BCUT2D eigenvalue weighted by molar-refractivity contribution is -0.151. The Balaban J connectivity index is 1.83. The lowest BCUT2D eigenvalue weighted by atomic mass is 9.97. The van der Waals surface area contributed by atoms with Crippen LogP contribution in [0.25, 0.3) is 0 Å². The lowest BCUT2D eigenvalue weighted by Gasteiger charge is -2.32. The first-order valence-electron chi connectivity index (χ1n) is 8.94. The van der Waals surface area contributed by atoms with Crippen LogP contribution in [0.15, 0.2) is 24.3 Å². The number of hydrogen-bond donors (Lipinski definition) is 0. The molecule has 5 nitrogen and oxygen atoms in total. The van der Waals surface area contributed by atoms with Gasteiger partial charge in [-0.1, -0.05) is 19.1 Å². The normalized spacial score (nSPS) is 15.4. The van der Waals surface area contributed by atoms with E-state index in [0.29, 0.717) is 52.2 Å². The summed E-state index contributed by atoms with van der Waals surface area (Å²) in [6.45, 7) is 6.90. The number of nitrogens with zero attached hydrogens (tertiary/aromatic N) is 2. The molecular weight excluding hydrogens is 323 g/mol. The van der Waals surface area contributed by atoms with Crippen molar-refractivity contribution in [1.29, 1.82) is 0 Å². The van der Waals surface area contributed by atoms with Gasteiger partial charge in [-0.15, -0.1) is 0 Å². The van der Waals surface area contributed by atoms with Gasteiger partial charge in [0.15, 0.2) is 0 Å². The number of amides is 1. The van der Waals surface area contributed by atoms with Crippen molar-refractivity contribution in [3.8, 4) is 0 Å². The molecule has 0 spiro atoms. The molecule has 25 heavy (non-hydrogen) atoms. The summed E-state index contributed by atoms with van der Waals surface area (Å²) in [4.78, 5) is 28.1. The minimum absolute atomic E-state index is 0.0561. The molecule has 1 aliphatic rings. The van der Waals surface area contributed by atoms with Crippen LogP contribution in [-0.4, -0.2) is 54.5 Å². The fourth-order valence-corrected chi connectivity index (χ4v) is 3.09. The summed E-state index contributed by atoms with van der Waals surface area (Å²) in [6.07, 6.45) is 1.31. The molecule has 6 heteroatoms. The van der Waals surface area contributed by atoms with Crippen molar-refractivity contribution in [2.45, 2.75) is 33.2 Å². The summed E-state index contributed by atoms with van der Waals surface area (Å²) >= 11 is 0. The number of carbonyl (C=O) groups excluding carboxylic acids is 2. The molecule has 0 bridgehead atoms. The summed E-state index contributed by atoms with van der Waals surface area (Å²) in [5, 5.41) is 0. The second-order valence-corrected chi connectivity index (χ2v) is 6.34. The number of likely N-dealkylation sites (tertiary alicyclic amines) is 1. The van der Waals surface area contributed by atoms with Gasteiger partial charge in [-0.05, 0) is 44.0 Å². The minimum Gasteiger partial charge on any atom is -0.466 e. The molecule has 0 radical (unpaired) electrons. The van der Waals surface area contributed by atoms with Crippen molar-refractivity contribution in [3.05, 3.63) is 35.6 Å². The third-order valence-corrected chi connectivity index (χ3v) is 4.57. The molecule has 1 aromatic carbocycles. The first kappa shape index (κ1) is 19.4. The van der Waals surface area contributed by atoms with Crippen LogP contribution in [-0.2, 0) is 20.9 Å². The number of benzene rings is 1. The van der Waals surface area contributed by atoms with Gasteiger partial charge in [0.2, 0.25) is 5.91 Å². The van der Waals surface area contributed by atoms with Crippen LogP contribution in [0, 0.1) is 11.7 Å². The molecule has 1 saturated heterocycles. The Bertz CT molecular complexity index is 586. The van der Waals surface area contributed by atoms with Crippen LogP contribution in [0.2, 0.25) is 0 Å². The van der Waals surface area contributed by atoms with Crippen LogP contribution in [0.5, 0.6) is 0 Å². The molecule has 1 amide bonds. The summed E-state index contributed by atoms with van der Waals surface area (Å²) < 4.78 is 18.4. The van der Waals surface area contributed by atoms with E-state index in [0.717, 1.165) is 5.56 Å². The quantitative estimate of drug-likeness (QED) is 0.709. The average molecular weight is 350 g/mol. The van der Waals surface area contributed by atoms with Gasteiger partial charge in [-0.2, -0.15) is 0 Å². The highest BCUT2D eigenvalue weighted by atomic mass is 19.1. The molecule has 0 atom stereocenters. The zero-order valence-electron chi connectivity index (χ0n) is 15.0. The predicted molar refractivity (Wildman–Crippen MR) is 93.3 cm³/mol. The number of ether oxygens (including phenoxy) is 1. The maximum absolute atomic E-state index is 13.3. The highest BCUT2D eigenvalue weighted by molar-refractivity contribution is 5.79. The third kappa shape index (κ3) is 5.81. The standard InChI is InChI=1S/C19H27FN2O3/c1-3-21(13-15-6-5-7-17(20)12-15)14-18(23)22-10-8-16(9-11-22)19(24)25-4-2/h5-7,12,16H,3-4,8-11,13-14H2,1-2H3. The largest absolute Gasteiger partial charge is 0.466 e. The Hall–Kier alpha value is -1.95. The Morgan fingerprint density at radius 1 is 1.28 bits per heavy atom. The van der Waals surface area contributed by atoms with Gasteiger partial charge in [0.25, 0.3) is 0 Å². The number of likely N-dealkylation sites (N-methyl/N-ethyl adjacent to an activating group) is 1. The van der Waals surface area contributed by atoms with Crippen molar-refractivity contribution in [3.63, 3.8) is 0 Å². The molecule has 0 aromatic heterocycles. The SMILES string of the molecule is CCOC(=O)C1CCN(C(=O)CN(CC)Cc2cccc(F)c2)CC1. The molecule has 0 unspecified atom stereocenters. The van der Waals surface area contributed by atoms with Crippen molar-refractivity contribution >= 4 is 11.9 Å². The van der Waals surface area contributed by atoms with E-state index in [1.165, 1.54) is 12.1 Å². The van der Waals surface area contributed by atoms with E-state index in [-0.39, 0.29) is 23.6 Å². The molecular formula is C19H27FN2O3. The summed E-state index contributed by atoms with van der Waals surface area (Å²) in [7, 11) is 0. The van der Waals surface area contributed by atoms with E-state index in [2.05, 4.69) is 0 Å². The topological polar surface area (TPSA) is 49.9 Å². The Labute approximate surface area is 148 Å². The van der Waals surface area contributed by atoms with Crippen LogP contribution in [0.1, 0.15) is 32.3 Å². The van der Waals surface area contributed by atoms with Crippen molar-refractivity contribution < 1.29 is 18.7 Å². The predicted octanol–water partition coefficient (Wildman–Crippen LogP) is 2.45. The van der Waals surface area contributed by atoms with Gasteiger partial charge in [0, 0.05) is 19.6 Å². The zero-order chi connectivity index (χ0) is 18.2. The molecule has 0 aliphatic carbocycles. The molecule has 2 rings (SSSR count). The summed E-state index contributed by atoms with van der Waals surface area (Å²) in [6, 6.07) is 6.46. The van der Waals surface area contributed by atoms with Gasteiger partial charge in [-0.3, -0.25) is 14.5 Å². The molecule has 1 fully saturated rings. The maximum atomic E-state index is 13.3. The summed E-state index contributed by atoms with van der Waals surface area (Å²) in [5.41, 5.74) is 0.857. The number of piperidine rings is 1. The van der Waals surface area contributed by atoms with Crippen molar-refractivity contribution in [2.24, 2.45) is 5.92 Å². The van der Waals surface area contributed by atoms with Gasteiger partial charge in [0.05, 0.1) is 19.1 Å². The lowest BCUT2D eigenvalue weighted by Crippen LogP contribution is -2.45. The van der Waals surface area contributed by atoms with Gasteiger partial charge < -0.3 is 9.64 Å². The van der Waals surface area contributed by atoms with Crippen LogP contribution < -0.4 is 0 Å². The number of halogens is 1. The van der Waals surface area contributed by atoms with Crippen LogP contribution >= 0.6 is 0 Å². The first-order valence-corrected chi connectivity index (χ1v) is 8.94. The second kappa shape index (κ2) is 9.51. The molecule has 0 N–H and O–H groups in total. The number of rotatable bonds is 7. The van der Waals surface area contributed by atoms with E-state index in [1.54, 1.807) is 13.0 Å². The van der Waals surface area contributed by atoms with Crippen LogP contribution in [0.3, 0.4) is 0 Å².